The lowest BCUT2D eigenvalue weighted by atomic mass is 10.1. The van der Waals surface area contributed by atoms with Crippen LogP contribution < -0.4 is 9.47 Å². The van der Waals surface area contributed by atoms with Crippen LogP contribution in [0.4, 0.5) is 0 Å². The van der Waals surface area contributed by atoms with Crippen molar-refractivity contribution in [1.29, 1.82) is 0 Å². The summed E-state index contributed by atoms with van der Waals surface area (Å²) in [5, 5.41) is 0. The molecule has 0 aliphatic carbocycles. The maximum atomic E-state index is 12.4. The summed E-state index contributed by atoms with van der Waals surface area (Å²) < 4.78 is 21.1. The average molecular weight is 328 g/mol. The molecule has 24 heavy (non-hydrogen) atoms. The third-order valence-electron chi connectivity index (χ3n) is 3.69. The molecule has 1 aromatic carbocycles. The Hall–Kier alpha value is -3.02. The Labute approximate surface area is 138 Å². The monoisotopic (exact) mass is 328 g/mol. The van der Waals surface area contributed by atoms with Crippen LogP contribution in [0.3, 0.4) is 0 Å². The molecule has 2 heterocycles. The van der Waals surface area contributed by atoms with Crippen LogP contribution in [0.25, 0.3) is 6.08 Å². The normalized spacial score (nSPS) is 15.8. The van der Waals surface area contributed by atoms with Crippen LogP contribution >= 0.6 is 0 Å². The van der Waals surface area contributed by atoms with E-state index in [1.807, 2.05) is 0 Å². The molecule has 0 unspecified atom stereocenters. The second kappa shape index (κ2) is 6.23. The topological polar surface area (TPSA) is 75.0 Å². The minimum atomic E-state index is -0.762. The Balaban J connectivity index is 1.89. The number of allylic oxidation sites excluding steroid dienone is 1. The molecule has 124 valence electrons. The first-order valence-electron chi connectivity index (χ1n) is 7.37. The Kier molecular flexibility index (Phi) is 4.12. The number of carbonyl (C=O) groups excluding carboxylic acids is 2. The first kappa shape index (κ1) is 15.9. The van der Waals surface area contributed by atoms with Gasteiger partial charge in [-0.05, 0) is 38.1 Å². The van der Waals surface area contributed by atoms with Crippen molar-refractivity contribution < 1.29 is 28.2 Å². The highest BCUT2D eigenvalue weighted by Gasteiger charge is 2.31. The van der Waals surface area contributed by atoms with Gasteiger partial charge in [0.15, 0.2) is 11.9 Å². The molecule has 0 fully saturated rings. The van der Waals surface area contributed by atoms with Crippen LogP contribution in [0, 0.1) is 6.92 Å². The predicted octanol–water partition coefficient (Wildman–Crippen LogP) is 3.14. The average Bonchev–Trinajstić information content (AvgIpc) is 3.19. The van der Waals surface area contributed by atoms with E-state index in [0.29, 0.717) is 28.4 Å². The molecular weight excluding hydrogens is 312 g/mol. The lowest BCUT2D eigenvalue weighted by Gasteiger charge is -2.15. The van der Waals surface area contributed by atoms with E-state index in [0.717, 1.165) is 0 Å². The molecule has 6 heteroatoms. The number of hydrogen-bond acceptors (Lipinski definition) is 6. The number of furan rings is 1. The number of esters is 1. The number of ether oxygens (including phenoxy) is 3. The van der Waals surface area contributed by atoms with Crippen molar-refractivity contribution >= 4 is 17.8 Å². The number of benzene rings is 1. The number of ketones is 1. The zero-order valence-corrected chi connectivity index (χ0v) is 13.5. The lowest BCUT2D eigenvalue weighted by molar-refractivity contribution is -0.147. The summed E-state index contributed by atoms with van der Waals surface area (Å²) in [6, 6.07) is 6.72. The number of methoxy groups -OCH3 is 1. The molecule has 0 radical (unpaired) electrons. The van der Waals surface area contributed by atoms with Gasteiger partial charge >= 0.3 is 5.97 Å². The SMILES string of the molecule is COC(=O)[C@@H](C)Oc1ccc2c(c1C)O/C(=C/c1ccco1)C2=O. The Bertz CT molecular complexity index is 816. The fourth-order valence-corrected chi connectivity index (χ4v) is 2.40. The van der Waals surface area contributed by atoms with Crippen molar-refractivity contribution in [1.82, 2.24) is 0 Å². The van der Waals surface area contributed by atoms with Gasteiger partial charge < -0.3 is 18.6 Å². The van der Waals surface area contributed by atoms with Crippen LogP contribution in [0.1, 0.15) is 28.6 Å². The van der Waals surface area contributed by atoms with Gasteiger partial charge in [-0.3, -0.25) is 4.79 Å². The maximum absolute atomic E-state index is 12.4. The van der Waals surface area contributed by atoms with Gasteiger partial charge in [0, 0.05) is 11.6 Å². The fraction of sp³-hybridized carbons (Fsp3) is 0.222. The highest BCUT2D eigenvalue weighted by atomic mass is 16.6. The molecule has 3 rings (SSSR count). The van der Waals surface area contributed by atoms with E-state index in [1.54, 1.807) is 44.2 Å². The molecule has 0 amide bonds. The van der Waals surface area contributed by atoms with Gasteiger partial charge in [-0.2, -0.15) is 0 Å². The van der Waals surface area contributed by atoms with E-state index in [4.69, 9.17) is 13.9 Å². The van der Waals surface area contributed by atoms with Gasteiger partial charge in [-0.15, -0.1) is 0 Å². The summed E-state index contributed by atoms with van der Waals surface area (Å²) in [4.78, 5) is 23.9. The van der Waals surface area contributed by atoms with Crippen molar-refractivity contribution in [3.8, 4) is 11.5 Å². The largest absolute Gasteiger partial charge is 0.479 e. The lowest BCUT2D eigenvalue weighted by Crippen LogP contribution is -2.25. The summed E-state index contributed by atoms with van der Waals surface area (Å²) >= 11 is 0. The van der Waals surface area contributed by atoms with E-state index in [-0.39, 0.29) is 11.5 Å². The molecule has 0 bridgehead atoms. The van der Waals surface area contributed by atoms with E-state index in [2.05, 4.69) is 4.74 Å². The molecule has 2 aromatic rings. The zero-order chi connectivity index (χ0) is 17.3. The first-order chi connectivity index (χ1) is 11.5. The minimum Gasteiger partial charge on any atom is -0.479 e. The van der Waals surface area contributed by atoms with E-state index in [9.17, 15) is 9.59 Å². The summed E-state index contributed by atoms with van der Waals surface area (Å²) in [7, 11) is 1.30. The van der Waals surface area contributed by atoms with E-state index < -0.39 is 12.1 Å². The fourth-order valence-electron chi connectivity index (χ4n) is 2.40. The number of rotatable bonds is 4. The molecule has 0 saturated carbocycles. The van der Waals surface area contributed by atoms with Crippen LogP contribution in [0.15, 0.2) is 40.7 Å². The minimum absolute atomic E-state index is 0.182. The Morgan fingerprint density at radius 1 is 1.29 bits per heavy atom. The standard InChI is InChI=1S/C18H16O6/c1-10-14(23-11(2)18(20)21-3)7-6-13-16(19)15(24-17(10)13)9-12-5-4-8-22-12/h4-9,11H,1-3H3/b15-9+/t11-/m1/s1. The second-order valence-electron chi connectivity index (χ2n) is 5.30. The molecule has 1 aliphatic heterocycles. The molecule has 0 spiro atoms. The van der Waals surface area contributed by atoms with Gasteiger partial charge in [-0.25, -0.2) is 4.79 Å². The van der Waals surface area contributed by atoms with Gasteiger partial charge in [0.05, 0.1) is 18.9 Å². The van der Waals surface area contributed by atoms with Crippen LogP contribution in [-0.4, -0.2) is 25.0 Å². The van der Waals surface area contributed by atoms with Crippen molar-refractivity contribution in [2.24, 2.45) is 0 Å². The van der Waals surface area contributed by atoms with Crippen molar-refractivity contribution in [2.75, 3.05) is 7.11 Å². The predicted molar refractivity (Wildman–Crippen MR) is 84.9 cm³/mol. The van der Waals surface area contributed by atoms with Gasteiger partial charge in [0.25, 0.3) is 0 Å². The number of carbonyl (C=O) groups is 2. The molecule has 6 nitrogen and oxygen atoms in total. The molecule has 0 saturated heterocycles. The summed E-state index contributed by atoms with van der Waals surface area (Å²) in [5.74, 6) is 0.884. The Morgan fingerprint density at radius 2 is 2.08 bits per heavy atom. The number of hydrogen-bond donors (Lipinski definition) is 0. The quantitative estimate of drug-likeness (QED) is 0.634. The highest BCUT2D eigenvalue weighted by Crippen LogP contribution is 2.39. The van der Waals surface area contributed by atoms with Gasteiger partial charge in [-0.1, -0.05) is 0 Å². The van der Waals surface area contributed by atoms with Crippen molar-refractivity contribution in [3.05, 3.63) is 53.2 Å². The Morgan fingerprint density at radius 3 is 2.75 bits per heavy atom. The van der Waals surface area contributed by atoms with Crippen molar-refractivity contribution in [2.45, 2.75) is 20.0 Å². The molecular formula is C18H16O6. The highest BCUT2D eigenvalue weighted by molar-refractivity contribution is 6.14. The second-order valence-corrected chi connectivity index (χ2v) is 5.30. The summed E-state index contributed by atoms with van der Waals surface area (Å²) in [6.45, 7) is 3.36. The van der Waals surface area contributed by atoms with Crippen LogP contribution in [0.2, 0.25) is 0 Å². The first-order valence-corrected chi connectivity index (χ1v) is 7.37. The third-order valence-corrected chi connectivity index (χ3v) is 3.69. The maximum Gasteiger partial charge on any atom is 0.346 e. The molecule has 0 N–H and O–H groups in total. The van der Waals surface area contributed by atoms with Gasteiger partial charge in [0.2, 0.25) is 5.78 Å². The van der Waals surface area contributed by atoms with Crippen LogP contribution in [0.5, 0.6) is 11.5 Å². The van der Waals surface area contributed by atoms with Crippen molar-refractivity contribution in [3.63, 3.8) is 0 Å². The number of fused-ring (bicyclic) bond motifs is 1. The van der Waals surface area contributed by atoms with E-state index in [1.165, 1.54) is 13.4 Å². The van der Waals surface area contributed by atoms with Crippen LogP contribution in [-0.2, 0) is 9.53 Å². The number of Topliss-reactive ketones (excluding diaryl/α,β-unsaturated/α-hetero) is 1. The molecule has 1 aliphatic rings. The van der Waals surface area contributed by atoms with Gasteiger partial charge in [0.1, 0.15) is 17.3 Å². The summed E-state index contributed by atoms with van der Waals surface area (Å²) in [6.07, 6.45) is 2.30. The summed E-state index contributed by atoms with van der Waals surface area (Å²) in [5.41, 5.74) is 1.09. The zero-order valence-electron chi connectivity index (χ0n) is 13.5. The smallest absolute Gasteiger partial charge is 0.346 e. The van der Waals surface area contributed by atoms with E-state index >= 15 is 0 Å². The molecule has 1 aromatic heterocycles. The third kappa shape index (κ3) is 2.78. The molecule has 1 atom stereocenters.